The van der Waals surface area contributed by atoms with Crippen LogP contribution in [0.4, 0.5) is 0 Å². The van der Waals surface area contributed by atoms with Gasteiger partial charge in [-0.15, -0.1) is 0 Å². The third kappa shape index (κ3) is 3.16. The second-order valence-electron chi connectivity index (χ2n) is 4.93. The number of aliphatic hydroxyl groups excluding tert-OH is 1. The first-order valence-electron chi connectivity index (χ1n) is 6.70. The molecule has 1 atom stereocenters. The van der Waals surface area contributed by atoms with Gasteiger partial charge in [0, 0.05) is 32.4 Å². The Morgan fingerprint density at radius 1 is 1.53 bits per heavy atom. The summed E-state index contributed by atoms with van der Waals surface area (Å²) in [4.78, 5) is 3.99. The molecule has 0 bridgehead atoms. The fourth-order valence-corrected chi connectivity index (χ4v) is 3.93. The van der Waals surface area contributed by atoms with Crippen LogP contribution in [0.1, 0.15) is 26.2 Å². The van der Waals surface area contributed by atoms with Crippen LogP contribution in [0.2, 0.25) is 0 Å². The number of aliphatic hydroxyl groups is 1. The molecule has 2 heterocycles. The van der Waals surface area contributed by atoms with Crippen molar-refractivity contribution < 1.29 is 13.5 Å². The van der Waals surface area contributed by atoms with E-state index >= 15 is 0 Å². The van der Waals surface area contributed by atoms with E-state index in [-0.39, 0.29) is 17.6 Å². The van der Waals surface area contributed by atoms with E-state index < -0.39 is 10.0 Å². The highest BCUT2D eigenvalue weighted by atomic mass is 32.2. The van der Waals surface area contributed by atoms with Gasteiger partial charge in [0.25, 0.3) is 10.0 Å². The fraction of sp³-hybridized carbons (Fsp3) is 0.750. The van der Waals surface area contributed by atoms with Crippen molar-refractivity contribution in [2.75, 3.05) is 19.7 Å². The van der Waals surface area contributed by atoms with Crippen LogP contribution in [0.25, 0.3) is 0 Å². The maximum Gasteiger partial charge on any atom is 0.262 e. The van der Waals surface area contributed by atoms with Gasteiger partial charge in [0.05, 0.1) is 6.33 Å². The average molecular weight is 287 g/mol. The number of hydrogen-bond acceptors (Lipinski definition) is 4. The van der Waals surface area contributed by atoms with E-state index in [1.165, 1.54) is 4.31 Å². The summed E-state index contributed by atoms with van der Waals surface area (Å²) in [6.07, 6.45) is 5.61. The first-order chi connectivity index (χ1) is 9.07. The summed E-state index contributed by atoms with van der Waals surface area (Å²) in [5, 5.41) is 9.10. The summed E-state index contributed by atoms with van der Waals surface area (Å²) in [5.74, 6) is 0.252. The van der Waals surface area contributed by atoms with Gasteiger partial charge in [-0.05, 0) is 32.1 Å². The average Bonchev–Trinajstić information content (AvgIpc) is 2.89. The monoisotopic (exact) mass is 287 g/mol. The highest BCUT2D eigenvalue weighted by molar-refractivity contribution is 7.89. The number of aromatic nitrogens is 2. The molecule has 1 aromatic rings. The van der Waals surface area contributed by atoms with E-state index in [1.807, 2.05) is 6.92 Å². The molecule has 1 fully saturated rings. The molecule has 0 radical (unpaired) electrons. The maximum atomic E-state index is 12.5. The quantitative estimate of drug-likeness (QED) is 0.864. The lowest BCUT2D eigenvalue weighted by Gasteiger charge is -2.31. The second-order valence-corrected chi connectivity index (χ2v) is 6.81. The summed E-state index contributed by atoms with van der Waals surface area (Å²) in [6.45, 7) is 3.79. The Morgan fingerprint density at radius 2 is 2.32 bits per heavy atom. The SMILES string of the molecule is CCn1cnc(S(=O)(=O)N2CCCC(CCO)C2)c1. The highest BCUT2D eigenvalue weighted by Crippen LogP contribution is 2.24. The number of sulfonamides is 1. The Labute approximate surface area is 114 Å². The van der Waals surface area contributed by atoms with E-state index in [9.17, 15) is 8.42 Å². The van der Waals surface area contributed by atoms with Gasteiger partial charge in [-0.25, -0.2) is 13.4 Å². The van der Waals surface area contributed by atoms with Crippen molar-refractivity contribution in [2.24, 2.45) is 5.92 Å². The summed E-state index contributed by atoms with van der Waals surface area (Å²) >= 11 is 0. The van der Waals surface area contributed by atoms with Crippen LogP contribution in [0, 0.1) is 5.92 Å². The summed E-state index contributed by atoms with van der Waals surface area (Å²) in [5.41, 5.74) is 0. The van der Waals surface area contributed by atoms with Crippen LogP contribution < -0.4 is 0 Å². The van der Waals surface area contributed by atoms with Crippen LogP contribution in [-0.4, -0.2) is 47.1 Å². The van der Waals surface area contributed by atoms with E-state index in [1.54, 1.807) is 17.1 Å². The van der Waals surface area contributed by atoms with Gasteiger partial charge in [-0.3, -0.25) is 0 Å². The van der Waals surface area contributed by atoms with Crippen molar-refractivity contribution in [3.05, 3.63) is 12.5 Å². The Balaban J connectivity index is 2.14. The molecule has 1 aliphatic rings. The minimum absolute atomic E-state index is 0.114. The zero-order chi connectivity index (χ0) is 13.9. The van der Waals surface area contributed by atoms with Gasteiger partial charge in [0.15, 0.2) is 5.03 Å². The highest BCUT2D eigenvalue weighted by Gasteiger charge is 2.31. The Bertz CT molecular complexity index is 510. The molecular formula is C12H21N3O3S. The summed E-state index contributed by atoms with van der Waals surface area (Å²) < 4.78 is 28.2. The Hall–Kier alpha value is -0.920. The Morgan fingerprint density at radius 3 is 2.95 bits per heavy atom. The first-order valence-corrected chi connectivity index (χ1v) is 8.14. The van der Waals surface area contributed by atoms with E-state index in [4.69, 9.17) is 5.11 Å². The standard InChI is InChI=1S/C12H21N3O3S/c1-2-14-9-12(13-10-14)19(17,18)15-6-3-4-11(8-15)5-7-16/h9-11,16H,2-8H2,1H3. The molecule has 7 heteroatoms. The predicted molar refractivity (Wildman–Crippen MR) is 71.1 cm³/mol. The van der Waals surface area contributed by atoms with Crippen molar-refractivity contribution in [2.45, 2.75) is 37.8 Å². The van der Waals surface area contributed by atoms with Gasteiger partial charge in [0.2, 0.25) is 0 Å². The lowest BCUT2D eigenvalue weighted by Crippen LogP contribution is -2.40. The summed E-state index contributed by atoms with van der Waals surface area (Å²) in [7, 11) is -3.48. The van der Waals surface area contributed by atoms with Crippen molar-refractivity contribution in [3.8, 4) is 0 Å². The maximum absolute atomic E-state index is 12.5. The summed E-state index contributed by atoms with van der Waals surface area (Å²) in [6, 6.07) is 0. The lowest BCUT2D eigenvalue weighted by atomic mass is 9.97. The zero-order valence-electron chi connectivity index (χ0n) is 11.2. The van der Waals surface area contributed by atoms with Gasteiger partial charge in [-0.1, -0.05) is 0 Å². The largest absolute Gasteiger partial charge is 0.396 e. The molecule has 0 spiro atoms. The number of rotatable bonds is 5. The normalized spacial score (nSPS) is 21.7. The molecular weight excluding hydrogens is 266 g/mol. The van der Waals surface area contributed by atoms with E-state index in [0.717, 1.165) is 12.8 Å². The molecule has 19 heavy (non-hydrogen) atoms. The molecule has 2 rings (SSSR count). The third-order valence-electron chi connectivity index (χ3n) is 3.60. The molecule has 0 aliphatic carbocycles. The van der Waals surface area contributed by atoms with Crippen LogP contribution in [-0.2, 0) is 16.6 Å². The smallest absolute Gasteiger partial charge is 0.262 e. The van der Waals surface area contributed by atoms with Crippen LogP contribution in [0.5, 0.6) is 0 Å². The molecule has 1 saturated heterocycles. The van der Waals surface area contributed by atoms with Crippen molar-refractivity contribution in [1.29, 1.82) is 0 Å². The van der Waals surface area contributed by atoms with Gasteiger partial charge in [0.1, 0.15) is 0 Å². The molecule has 1 aromatic heterocycles. The van der Waals surface area contributed by atoms with E-state index in [0.29, 0.717) is 26.1 Å². The number of aryl methyl sites for hydroxylation is 1. The molecule has 1 N–H and O–H groups in total. The van der Waals surface area contributed by atoms with Gasteiger partial charge in [-0.2, -0.15) is 4.31 Å². The topological polar surface area (TPSA) is 75.4 Å². The molecule has 0 aromatic carbocycles. The molecule has 0 amide bonds. The molecule has 108 valence electrons. The number of piperidine rings is 1. The van der Waals surface area contributed by atoms with Gasteiger partial charge < -0.3 is 9.67 Å². The first kappa shape index (κ1) is 14.5. The third-order valence-corrected chi connectivity index (χ3v) is 5.35. The minimum atomic E-state index is -3.48. The van der Waals surface area contributed by atoms with Gasteiger partial charge >= 0.3 is 0 Å². The zero-order valence-corrected chi connectivity index (χ0v) is 12.0. The minimum Gasteiger partial charge on any atom is -0.396 e. The van der Waals surface area contributed by atoms with Crippen LogP contribution in [0.15, 0.2) is 17.6 Å². The number of imidazole rings is 1. The predicted octanol–water partition coefficient (Wildman–Crippen LogP) is 0.686. The van der Waals surface area contributed by atoms with Crippen molar-refractivity contribution in [3.63, 3.8) is 0 Å². The molecule has 6 nitrogen and oxygen atoms in total. The van der Waals surface area contributed by atoms with Crippen molar-refractivity contribution >= 4 is 10.0 Å². The molecule has 1 aliphatic heterocycles. The molecule has 1 unspecified atom stereocenters. The van der Waals surface area contributed by atoms with Crippen LogP contribution in [0.3, 0.4) is 0 Å². The van der Waals surface area contributed by atoms with E-state index in [2.05, 4.69) is 4.98 Å². The van der Waals surface area contributed by atoms with Crippen LogP contribution >= 0.6 is 0 Å². The number of hydrogen-bond donors (Lipinski definition) is 1. The fourth-order valence-electron chi connectivity index (χ4n) is 2.44. The lowest BCUT2D eigenvalue weighted by molar-refractivity contribution is 0.202. The van der Waals surface area contributed by atoms with Crippen molar-refractivity contribution in [1.82, 2.24) is 13.9 Å². The molecule has 0 saturated carbocycles. The second kappa shape index (κ2) is 6.02. The number of nitrogens with zero attached hydrogens (tertiary/aromatic N) is 3. The Kier molecular flexibility index (Phi) is 4.59.